The maximum atomic E-state index is 9.37. The third-order valence-corrected chi connectivity index (χ3v) is 4.37. The van der Waals surface area contributed by atoms with Crippen LogP contribution in [0.15, 0.2) is 30.5 Å². The van der Waals surface area contributed by atoms with Gasteiger partial charge in [0, 0.05) is 37.7 Å². The summed E-state index contributed by atoms with van der Waals surface area (Å²) in [7, 11) is 4.17. The number of nitriles is 1. The monoisotopic (exact) mass is 253 g/mol. The Morgan fingerprint density at radius 1 is 1.37 bits per heavy atom. The highest BCUT2D eigenvalue weighted by atomic mass is 15.1. The summed E-state index contributed by atoms with van der Waals surface area (Å²) in [4.78, 5) is 2.24. The van der Waals surface area contributed by atoms with Crippen molar-refractivity contribution in [1.82, 2.24) is 4.57 Å². The summed E-state index contributed by atoms with van der Waals surface area (Å²) < 4.78 is 2.15. The molecule has 0 spiro atoms. The van der Waals surface area contributed by atoms with E-state index in [1.54, 1.807) is 0 Å². The molecule has 3 rings (SSSR count). The molecule has 2 aromatic rings. The summed E-state index contributed by atoms with van der Waals surface area (Å²) in [5.41, 5.74) is 2.34. The topological polar surface area (TPSA) is 32.0 Å². The Morgan fingerprint density at radius 3 is 2.74 bits per heavy atom. The Bertz CT molecular complexity index is 644. The van der Waals surface area contributed by atoms with Crippen molar-refractivity contribution in [2.24, 2.45) is 12.5 Å². The summed E-state index contributed by atoms with van der Waals surface area (Å²) in [6.45, 7) is 0.831. The fourth-order valence-electron chi connectivity index (χ4n) is 3.07. The van der Waals surface area contributed by atoms with Crippen LogP contribution in [0.5, 0.6) is 0 Å². The maximum absolute atomic E-state index is 9.37. The number of benzene rings is 1. The van der Waals surface area contributed by atoms with Crippen LogP contribution >= 0.6 is 0 Å². The molecule has 19 heavy (non-hydrogen) atoms. The van der Waals surface area contributed by atoms with Gasteiger partial charge in [-0.05, 0) is 18.9 Å². The average Bonchev–Trinajstić information content (AvgIpc) is 2.72. The molecule has 0 atom stereocenters. The van der Waals surface area contributed by atoms with Gasteiger partial charge in [0.1, 0.15) is 0 Å². The molecule has 0 saturated heterocycles. The van der Waals surface area contributed by atoms with Gasteiger partial charge in [0.25, 0.3) is 0 Å². The summed E-state index contributed by atoms with van der Waals surface area (Å²) in [5.74, 6) is 0. The third-order valence-electron chi connectivity index (χ3n) is 4.37. The van der Waals surface area contributed by atoms with Gasteiger partial charge < -0.3 is 9.47 Å². The van der Waals surface area contributed by atoms with Gasteiger partial charge in [-0.25, -0.2) is 0 Å². The second-order valence-corrected chi connectivity index (χ2v) is 5.74. The van der Waals surface area contributed by atoms with E-state index in [1.807, 2.05) is 0 Å². The Labute approximate surface area is 114 Å². The van der Waals surface area contributed by atoms with Gasteiger partial charge in [0.15, 0.2) is 0 Å². The zero-order valence-electron chi connectivity index (χ0n) is 11.6. The third kappa shape index (κ3) is 1.88. The second kappa shape index (κ2) is 4.31. The minimum atomic E-state index is -0.119. The van der Waals surface area contributed by atoms with E-state index in [4.69, 9.17) is 0 Å². The Balaban J connectivity index is 1.94. The van der Waals surface area contributed by atoms with Crippen LogP contribution in [0.3, 0.4) is 0 Å². The first kappa shape index (κ1) is 12.1. The molecule has 98 valence electrons. The van der Waals surface area contributed by atoms with E-state index < -0.39 is 0 Å². The molecular weight excluding hydrogens is 234 g/mol. The van der Waals surface area contributed by atoms with Crippen molar-refractivity contribution in [2.45, 2.75) is 19.3 Å². The van der Waals surface area contributed by atoms with E-state index in [0.29, 0.717) is 0 Å². The predicted molar refractivity (Wildman–Crippen MR) is 78.1 cm³/mol. The van der Waals surface area contributed by atoms with E-state index in [0.717, 1.165) is 19.4 Å². The smallest absolute Gasteiger partial charge is 0.0748 e. The van der Waals surface area contributed by atoms with Crippen molar-refractivity contribution in [2.75, 3.05) is 18.5 Å². The first-order chi connectivity index (χ1) is 9.15. The van der Waals surface area contributed by atoms with Gasteiger partial charge in [0.05, 0.1) is 17.2 Å². The number of aryl methyl sites for hydroxylation is 1. The summed E-state index contributed by atoms with van der Waals surface area (Å²) in [6.07, 6.45) is 5.43. The molecule has 1 fully saturated rings. The van der Waals surface area contributed by atoms with Crippen LogP contribution in [0.25, 0.3) is 10.9 Å². The lowest BCUT2D eigenvalue weighted by Crippen LogP contribution is -2.39. The number of para-hydroxylation sites is 1. The molecule has 1 aliphatic rings. The quantitative estimate of drug-likeness (QED) is 0.840. The number of hydrogen-bond donors (Lipinski definition) is 0. The largest absolute Gasteiger partial charge is 0.371 e. The van der Waals surface area contributed by atoms with Crippen molar-refractivity contribution >= 4 is 16.6 Å². The number of fused-ring (bicyclic) bond motifs is 1. The van der Waals surface area contributed by atoms with Gasteiger partial charge in [-0.1, -0.05) is 24.6 Å². The summed E-state index contributed by atoms with van der Waals surface area (Å²) >= 11 is 0. The SMILES string of the molecule is CN(CC1(C#N)CCC1)c1cn(C)c2ccccc12. The van der Waals surface area contributed by atoms with E-state index >= 15 is 0 Å². The zero-order chi connectivity index (χ0) is 13.5. The first-order valence-electron chi connectivity index (χ1n) is 6.82. The average molecular weight is 253 g/mol. The molecule has 0 aliphatic heterocycles. The fourth-order valence-corrected chi connectivity index (χ4v) is 3.07. The lowest BCUT2D eigenvalue weighted by molar-refractivity contribution is 0.223. The van der Waals surface area contributed by atoms with Crippen LogP contribution in [0, 0.1) is 16.7 Å². The fraction of sp³-hybridized carbons (Fsp3) is 0.438. The van der Waals surface area contributed by atoms with Crippen molar-refractivity contribution in [3.8, 4) is 6.07 Å². The Morgan fingerprint density at radius 2 is 2.11 bits per heavy atom. The van der Waals surface area contributed by atoms with E-state index in [-0.39, 0.29) is 5.41 Å². The van der Waals surface area contributed by atoms with Crippen LogP contribution in [0.1, 0.15) is 19.3 Å². The lowest BCUT2D eigenvalue weighted by atomic mass is 9.69. The van der Waals surface area contributed by atoms with Crippen molar-refractivity contribution < 1.29 is 0 Å². The molecule has 0 unspecified atom stereocenters. The predicted octanol–water partition coefficient (Wildman–Crippen LogP) is 3.31. The second-order valence-electron chi connectivity index (χ2n) is 5.74. The van der Waals surface area contributed by atoms with Crippen LogP contribution in [0.4, 0.5) is 5.69 Å². The Kier molecular flexibility index (Phi) is 2.74. The molecule has 1 saturated carbocycles. The molecule has 1 aromatic carbocycles. The van der Waals surface area contributed by atoms with Gasteiger partial charge >= 0.3 is 0 Å². The van der Waals surface area contributed by atoms with E-state index in [2.05, 4.69) is 60.1 Å². The van der Waals surface area contributed by atoms with Crippen LogP contribution < -0.4 is 4.90 Å². The molecule has 1 aliphatic carbocycles. The van der Waals surface area contributed by atoms with Crippen LogP contribution in [-0.4, -0.2) is 18.2 Å². The highest BCUT2D eigenvalue weighted by Gasteiger charge is 2.38. The van der Waals surface area contributed by atoms with Gasteiger partial charge in [-0.15, -0.1) is 0 Å². The number of hydrogen-bond acceptors (Lipinski definition) is 2. The maximum Gasteiger partial charge on any atom is 0.0748 e. The summed E-state index contributed by atoms with van der Waals surface area (Å²) in [6, 6.07) is 10.9. The Hall–Kier alpha value is -1.95. The minimum absolute atomic E-state index is 0.119. The standard InChI is InChI=1S/C16H19N3/c1-18-10-15(13-6-3-4-7-14(13)18)19(2)12-16(11-17)8-5-9-16/h3-4,6-7,10H,5,8-9,12H2,1-2H3. The number of rotatable bonds is 3. The normalized spacial score (nSPS) is 16.9. The molecule has 3 heteroatoms. The number of anilines is 1. The summed E-state index contributed by atoms with van der Waals surface area (Å²) in [5, 5.41) is 10.6. The highest BCUT2D eigenvalue weighted by Crippen LogP contribution is 2.42. The molecular formula is C16H19N3. The molecule has 3 nitrogen and oxygen atoms in total. The minimum Gasteiger partial charge on any atom is -0.371 e. The van der Waals surface area contributed by atoms with Crippen LogP contribution in [0.2, 0.25) is 0 Å². The number of aromatic nitrogens is 1. The van der Waals surface area contributed by atoms with Crippen LogP contribution in [-0.2, 0) is 7.05 Å². The molecule has 1 heterocycles. The number of nitrogens with zero attached hydrogens (tertiary/aromatic N) is 3. The first-order valence-corrected chi connectivity index (χ1v) is 6.82. The van der Waals surface area contributed by atoms with Crippen molar-refractivity contribution in [3.63, 3.8) is 0 Å². The van der Waals surface area contributed by atoms with Gasteiger partial charge in [0.2, 0.25) is 0 Å². The van der Waals surface area contributed by atoms with E-state index in [1.165, 1.54) is 23.0 Å². The van der Waals surface area contributed by atoms with Crippen molar-refractivity contribution in [1.29, 1.82) is 5.26 Å². The molecule has 0 amide bonds. The van der Waals surface area contributed by atoms with Crippen molar-refractivity contribution in [3.05, 3.63) is 30.5 Å². The van der Waals surface area contributed by atoms with Gasteiger partial charge in [-0.2, -0.15) is 5.26 Å². The zero-order valence-corrected chi connectivity index (χ0v) is 11.6. The van der Waals surface area contributed by atoms with E-state index in [9.17, 15) is 5.26 Å². The molecule has 0 N–H and O–H groups in total. The van der Waals surface area contributed by atoms with Gasteiger partial charge in [-0.3, -0.25) is 0 Å². The highest BCUT2D eigenvalue weighted by molar-refractivity contribution is 5.93. The molecule has 0 bridgehead atoms. The lowest BCUT2D eigenvalue weighted by Gasteiger charge is -2.38. The molecule has 0 radical (unpaired) electrons. The molecule has 1 aromatic heterocycles.